The molecular weight excluding hydrogens is 355 g/mol. The summed E-state index contributed by atoms with van der Waals surface area (Å²) < 4.78 is 14.3. The van der Waals surface area contributed by atoms with Gasteiger partial charge >= 0.3 is 0 Å². The number of halogens is 1. The van der Waals surface area contributed by atoms with E-state index in [1.54, 1.807) is 24.7 Å². The molecule has 4 aromatic rings. The number of hydrogen-bond acceptors (Lipinski definition) is 5. The third-order valence-corrected chi connectivity index (χ3v) is 4.27. The molecule has 7 heteroatoms. The molecule has 138 valence electrons. The van der Waals surface area contributed by atoms with Gasteiger partial charge in [-0.1, -0.05) is 6.08 Å². The number of benzene rings is 1. The lowest BCUT2D eigenvalue weighted by atomic mass is 10.2. The Morgan fingerprint density at radius 3 is 3.00 bits per heavy atom. The number of rotatable bonds is 5. The number of aromatic nitrogens is 4. The van der Waals surface area contributed by atoms with Crippen molar-refractivity contribution in [3.63, 3.8) is 0 Å². The maximum Gasteiger partial charge on any atom is 0.165 e. The van der Waals surface area contributed by atoms with Crippen LogP contribution in [0.4, 0.5) is 15.9 Å². The smallest absolute Gasteiger partial charge is 0.165 e. The predicted octanol–water partition coefficient (Wildman–Crippen LogP) is 5.01. The normalized spacial score (nSPS) is 12.1. The Bertz CT molecular complexity index is 1240. The zero-order valence-electron chi connectivity index (χ0n) is 15.1. The molecule has 0 bridgehead atoms. The fourth-order valence-corrected chi connectivity index (χ4v) is 2.95. The summed E-state index contributed by atoms with van der Waals surface area (Å²) in [6, 6.07) is 8.79. The second kappa shape index (κ2) is 7.40. The van der Waals surface area contributed by atoms with Crippen molar-refractivity contribution in [2.75, 3.05) is 5.32 Å². The first-order valence-electron chi connectivity index (χ1n) is 8.65. The highest BCUT2D eigenvalue weighted by molar-refractivity contribution is 5.91. The van der Waals surface area contributed by atoms with Gasteiger partial charge in [-0.05, 0) is 50.0 Å². The Kier molecular flexibility index (Phi) is 4.63. The molecule has 4 rings (SSSR count). The van der Waals surface area contributed by atoms with Crippen molar-refractivity contribution in [2.45, 2.75) is 6.92 Å². The van der Waals surface area contributed by atoms with Crippen LogP contribution >= 0.6 is 0 Å². The molecule has 0 spiro atoms. The molecule has 0 saturated heterocycles. The molecule has 0 fully saturated rings. The number of aromatic amines is 1. The number of aliphatic imine (C=N–C) groups is 1. The van der Waals surface area contributed by atoms with Gasteiger partial charge in [0, 0.05) is 35.2 Å². The Hall–Kier alpha value is -3.87. The number of anilines is 2. The molecular formula is C21H17FN6. The Balaban J connectivity index is 1.84. The van der Waals surface area contributed by atoms with Crippen molar-refractivity contribution in [1.29, 1.82) is 0 Å². The summed E-state index contributed by atoms with van der Waals surface area (Å²) in [5.74, 6) is 0.692. The van der Waals surface area contributed by atoms with Gasteiger partial charge in [0.2, 0.25) is 0 Å². The van der Waals surface area contributed by atoms with E-state index in [9.17, 15) is 4.39 Å². The molecule has 28 heavy (non-hydrogen) atoms. The van der Waals surface area contributed by atoms with Gasteiger partial charge in [-0.2, -0.15) is 0 Å². The Labute approximate surface area is 160 Å². The van der Waals surface area contributed by atoms with E-state index in [2.05, 4.69) is 37.0 Å². The summed E-state index contributed by atoms with van der Waals surface area (Å²) in [6.07, 6.45) is 8.60. The van der Waals surface area contributed by atoms with Crippen LogP contribution in [0, 0.1) is 5.82 Å². The van der Waals surface area contributed by atoms with E-state index < -0.39 is 0 Å². The summed E-state index contributed by atoms with van der Waals surface area (Å²) in [5.41, 5.74) is 2.37. The first-order chi connectivity index (χ1) is 13.7. The summed E-state index contributed by atoms with van der Waals surface area (Å²) in [6.45, 7) is 5.33. The zero-order valence-corrected chi connectivity index (χ0v) is 15.1. The van der Waals surface area contributed by atoms with E-state index in [0.717, 1.165) is 16.3 Å². The summed E-state index contributed by atoms with van der Waals surface area (Å²) in [5, 5.41) is 4.72. The van der Waals surface area contributed by atoms with Crippen LogP contribution in [0.2, 0.25) is 0 Å². The van der Waals surface area contributed by atoms with Gasteiger partial charge in [0.05, 0.1) is 10.9 Å². The minimum absolute atomic E-state index is 0.337. The number of H-pyrrole nitrogens is 1. The topological polar surface area (TPSA) is 78.9 Å². The highest BCUT2D eigenvalue weighted by Crippen LogP contribution is 2.28. The molecule has 0 aliphatic rings. The van der Waals surface area contributed by atoms with Crippen LogP contribution in [-0.4, -0.2) is 26.7 Å². The molecule has 2 N–H and O–H groups in total. The van der Waals surface area contributed by atoms with Crippen molar-refractivity contribution in [3.05, 3.63) is 72.7 Å². The van der Waals surface area contributed by atoms with Gasteiger partial charge in [-0.15, -0.1) is 0 Å². The van der Waals surface area contributed by atoms with Crippen molar-refractivity contribution in [2.24, 2.45) is 4.99 Å². The number of pyridine rings is 1. The van der Waals surface area contributed by atoms with E-state index in [1.165, 1.54) is 6.07 Å². The van der Waals surface area contributed by atoms with E-state index in [4.69, 9.17) is 0 Å². The van der Waals surface area contributed by atoms with Crippen molar-refractivity contribution in [1.82, 2.24) is 19.9 Å². The largest absolute Gasteiger partial charge is 0.359 e. The van der Waals surface area contributed by atoms with Gasteiger partial charge in [-0.3, -0.25) is 4.99 Å². The molecule has 0 aliphatic carbocycles. The SMILES string of the molecule is C=N/C=C\C(=C/C)c1nc(Nc2cc(F)c3[nH]ccc3c2)c2cccnc2n1. The van der Waals surface area contributed by atoms with Gasteiger partial charge in [-0.25, -0.2) is 19.3 Å². The average Bonchev–Trinajstić information content (AvgIpc) is 3.18. The number of allylic oxidation sites excluding steroid dienone is 3. The minimum Gasteiger partial charge on any atom is -0.359 e. The molecule has 0 unspecified atom stereocenters. The van der Waals surface area contributed by atoms with Crippen molar-refractivity contribution < 1.29 is 4.39 Å². The van der Waals surface area contributed by atoms with E-state index in [0.29, 0.717) is 28.5 Å². The van der Waals surface area contributed by atoms with E-state index in [-0.39, 0.29) is 5.82 Å². The summed E-state index contributed by atoms with van der Waals surface area (Å²) in [4.78, 5) is 20.1. The monoisotopic (exact) mass is 372 g/mol. The van der Waals surface area contributed by atoms with Crippen LogP contribution in [-0.2, 0) is 0 Å². The van der Waals surface area contributed by atoms with Crippen LogP contribution in [0.5, 0.6) is 0 Å². The predicted molar refractivity (Wildman–Crippen MR) is 111 cm³/mol. The summed E-state index contributed by atoms with van der Waals surface area (Å²) >= 11 is 0. The third kappa shape index (κ3) is 3.25. The van der Waals surface area contributed by atoms with Crippen LogP contribution in [0.3, 0.4) is 0 Å². The number of fused-ring (bicyclic) bond motifs is 2. The highest BCUT2D eigenvalue weighted by atomic mass is 19.1. The fraction of sp³-hybridized carbons (Fsp3) is 0.0476. The second-order valence-corrected chi connectivity index (χ2v) is 6.04. The number of hydrogen-bond donors (Lipinski definition) is 2. The molecule has 1 aromatic carbocycles. The van der Waals surface area contributed by atoms with E-state index >= 15 is 0 Å². The first kappa shape index (κ1) is 17.5. The van der Waals surface area contributed by atoms with Crippen molar-refractivity contribution in [3.8, 4) is 0 Å². The summed E-state index contributed by atoms with van der Waals surface area (Å²) in [7, 11) is 0. The van der Waals surface area contributed by atoms with Crippen LogP contribution in [0.15, 0.2) is 66.1 Å². The first-order valence-corrected chi connectivity index (χ1v) is 8.65. The standard InChI is InChI=1S/C21H17FN6/c1-3-13(6-9-23-2)19-27-20-16(5-4-8-25-20)21(28-19)26-15-11-14-7-10-24-18(14)17(22)12-15/h3-12,24H,2H2,1H3,(H,25,26,27,28)/b9-6-,13-3+. The highest BCUT2D eigenvalue weighted by Gasteiger charge is 2.12. The van der Waals surface area contributed by atoms with Gasteiger partial charge in [0.15, 0.2) is 11.5 Å². The average molecular weight is 372 g/mol. The van der Waals surface area contributed by atoms with Crippen LogP contribution in [0.25, 0.3) is 27.5 Å². The zero-order chi connectivity index (χ0) is 19.5. The quantitative estimate of drug-likeness (QED) is 0.381. The van der Waals surface area contributed by atoms with Crippen LogP contribution < -0.4 is 5.32 Å². The molecule has 0 aliphatic heterocycles. The lowest BCUT2D eigenvalue weighted by Crippen LogP contribution is -2.02. The van der Waals surface area contributed by atoms with Crippen molar-refractivity contribution >= 4 is 45.7 Å². The molecule has 0 saturated carbocycles. The fourth-order valence-electron chi connectivity index (χ4n) is 2.95. The molecule has 0 atom stereocenters. The third-order valence-electron chi connectivity index (χ3n) is 4.27. The molecule has 3 heterocycles. The molecule has 0 amide bonds. The van der Waals surface area contributed by atoms with Gasteiger partial charge < -0.3 is 10.3 Å². The number of nitrogens with one attached hydrogen (secondary N) is 2. The molecule has 6 nitrogen and oxygen atoms in total. The Morgan fingerprint density at radius 2 is 2.18 bits per heavy atom. The Morgan fingerprint density at radius 1 is 1.29 bits per heavy atom. The molecule has 0 radical (unpaired) electrons. The minimum atomic E-state index is -0.337. The van der Waals surface area contributed by atoms with Gasteiger partial charge in [0.25, 0.3) is 0 Å². The maximum absolute atomic E-state index is 14.3. The van der Waals surface area contributed by atoms with Crippen LogP contribution in [0.1, 0.15) is 12.7 Å². The number of nitrogens with zero attached hydrogens (tertiary/aromatic N) is 4. The lowest BCUT2D eigenvalue weighted by Gasteiger charge is -2.11. The van der Waals surface area contributed by atoms with E-state index in [1.807, 2.05) is 37.3 Å². The van der Waals surface area contributed by atoms with Gasteiger partial charge in [0.1, 0.15) is 11.6 Å². The second-order valence-electron chi connectivity index (χ2n) is 6.04. The maximum atomic E-state index is 14.3. The molecule has 3 aromatic heterocycles. The lowest BCUT2D eigenvalue weighted by molar-refractivity contribution is 0.638.